The Labute approximate surface area is 111 Å². The van der Waals surface area contributed by atoms with Gasteiger partial charge in [0.05, 0.1) is 12.2 Å². The zero-order valence-corrected chi connectivity index (χ0v) is 11.3. The molecule has 1 fully saturated rings. The SMILES string of the molecule is CC(N)C(OC1CCCCCC1)c1ccccc1. The predicted molar refractivity (Wildman–Crippen MR) is 75.4 cm³/mol. The van der Waals surface area contributed by atoms with Crippen LogP contribution < -0.4 is 5.73 Å². The second-order valence-electron chi connectivity index (χ2n) is 5.44. The highest BCUT2D eigenvalue weighted by atomic mass is 16.5. The molecule has 1 aromatic rings. The van der Waals surface area contributed by atoms with Crippen molar-refractivity contribution in [3.8, 4) is 0 Å². The van der Waals surface area contributed by atoms with Gasteiger partial charge >= 0.3 is 0 Å². The number of hydrogen-bond acceptors (Lipinski definition) is 2. The quantitative estimate of drug-likeness (QED) is 0.821. The summed E-state index contributed by atoms with van der Waals surface area (Å²) in [5.74, 6) is 0. The Kier molecular flexibility index (Phi) is 5.21. The molecule has 2 rings (SSSR count). The molecule has 0 radical (unpaired) electrons. The Morgan fingerprint density at radius 1 is 1.06 bits per heavy atom. The maximum atomic E-state index is 6.29. The summed E-state index contributed by atoms with van der Waals surface area (Å²) < 4.78 is 6.29. The molecule has 0 bridgehead atoms. The van der Waals surface area contributed by atoms with E-state index in [0.717, 1.165) is 0 Å². The molecule has 0 aromatic heterocycles. The minimum absolute atomic E-state index is 0.0364. The van der Waals surface area contributed by atoms with Crippen LogP contribution in [0, 0.1) is 0 Å². The third-order valence-electron chi connectivity index (χ3n) is 3.75. The fraction of sp³-hybridized carbons (Fsp3) is 0.625. The maximum Gasteiger partial charge on any atom is 0.0976 e. The van der Waals surface area contributed by atoms with E-state index in [1.165, 1.54) is 44.1 Å². The van der Waals surface area contributed by atoms with Gasteiger partial charge < -0.3 is 10.5 Å². The summed E-state index contributed by atoms with van der Waals surface area (Å²) in [6.45, 7) is 2.04. The number of rotatable bonds is 4. The molecule has 2 N–H and O–H groups in total. The lowest BCUT2D eigenvalue weighted by molar-refractivity contribution is -0.0308. The molecule has 1 saturated carbocycles. The standard InChI is InChI=1S/C16H25NO/c1-13(17)16(14-9-5-4-6-10-14)18-15-11-7-2-3-8-12-15/h4-6,9-10,13,15-16H,2-3,7-8,11-12,17H2,1H3. The molecule has 0 saturated heterocycles. The lowest BCUT2D eigenvalue weighted by Gasteiger charge is -2.27. The predicted octanol–water partition coefficient (Wildman–Crippen LogP) is 3.81. The van der Waals surface area contributed by atoms with E-state index >= 15 is 0 Å². The van der Waals surface area contributed by atoms with Gasteiger partial charge in [-0.15, -0.1) is 0 Å². The number of nitrogens with two attached hydrogens (primary N) is 1. The zero-order chi connectivity index (χ0) is 12.8. The minimum Gasteiger partial charge on any atom is -0.369 e. The summed E-state index contributed by atoms with van der Waals surface area (Å²) in [6.07, 6.45) is 8.11. The van der Waals surface area contributed by atoms with Crippen molar-refractivity contribution in [2.75, 3.05) is 0 Å². The van der Waals surface area contributed by atoms with E-state index in [1.54, 1.807) is 0 Å². The van der Waals surface area contributed by atoms with E-state index in [0.29, 0.717) is 6.10 Å². The first-order chi connectivity index (χ1) is 8.77. The van der Waals surface area contributed by atoms with Crippen LogP contribution >= 0.6 is 0 Å². The number of benzene rings is 1. The maximum absolute atomic E-state index is 6.29. The minimum atomic E-state index is 0.0364. The van der Waals surface area contributed by atoms with Crippen molar-refractivity contribution >= 4 is 0 Å². The van der Waals surface area contributed by atoms with Crippen LogP contribution in [0.2, 0.25) is 0 Å². The summed E-state index contributed by atoms with van der Waals surface area (Å²) in [4.78, 5) is 0. The van der Waals surface area contributed by atoms with Gasteiger partial charge in [0, 0.05) is 6.04 Å². The van der Waals surface area contributed by atoms with Gasteiger partial charge in [0.2, 0.25) is 0 Å². The highest BCUT2D eigenvalue weighted by Crippen LogP contribution is 2.27. The molecule has 100 valence electrons. The molecule has 0 amide bonds. The molecule has 0 heterocycles. The van der Waals surface area contributed by atoms with Crippen LogP contribution in [-0.2, 0) is 4.74 Å². The van der Waals surface area contributed by atoms with Gasteiger partial charge in [-0.05, 0) is 25.3 Å². The van der Waals surface area contributed by atoms with Crippen molar-refractivity contribution in [1.82, 2.24) is 0 Å². The Balaban J connectivity index is 2.02. The lowest BCUT2D eigenvalue weighted by atomic mass is 10.0. The van der Waals surface area contributed by atoms with Gasteiger partial charge in [-0.2, -0.15) is 0 Å². The summed E-state index contributed by atoms with van der Waals surface area (Å²) in [7, 11) is 0. The average molecular weight is 247 g/mol. The van der Waals surface area contributed by atoms with Crippen LogP contribution in [0.5, 0.6) is 0 Å². The van der Waals surface area contributed by atoms with Crippen LogP contribution in [-0.4, -0.2) is 12.1 Å². The van der Waals surface area contributed by atoms with E-state index in [9.17, 15) is 0 Å². The molecule has 1 aliphatic carbocycles. The fourth-order valence-corrected chi connectivity index (χ4v) is 2.73. The largest absolute Gasteiger partial charge is 0.369 e. The van der Waals surface area contributed by atoms with Crippen LogP contribution in [0.3, 0.4) is 0 Å². The lowest BCUT2D eigenvalue weighted by Crippen LogP contribution is -2.30. The molecule has 2 heteroatoms. The first kappa shape index (κ1) is 13.6. The third-order valence-corrected chi connectivity index (χ3v) is 3.75. The van der Waals surface area contributed by atoms with Gasteiger partial charge in [-0.25, -0.2) is 0 Å². The van der Waals surface area contributed by atoms with E-state index < -0.39 is 0 Å². The molecule has 2 atom stereocenters. The molecule has 2 unspecified atom stereocenters. The van der Waals surface area contributed by atoms with Crippen molar-refractivity contribution in [3.05, 3.63) is 35.9 Å². The molecule has 0 aliphatic heterocycles. The van der Waals surface area contributed by atoms with Gasteiger partial charge in [0.25, 0.3) is 0 Å². The van der Waals surface area contributed by atoms with Crippen molar-refractivity contribution in [2.24, 2.45) is 5.73 Å². The van der Waals surface area contributed by atoms with Crippen molar-refractivity contribution in [1.29, 1.82) is 0 Å². The third kappa shape index (κ3) is 3.82. The molecule has 0 spiro atoms. The van der Waals surface area contributed by atoms with Crippen LogP contribution in [0.4, 0.5) is 0 Å². The first-order valence-corrected chi connectivity index (χ1v) is 7.23. The number of hydrogen-bond donors (Lipinski definition) is 1. The Morgan fingerprint density at radius 2 is 1.67 bits per heavy atom. The molecule has 1 aromatic carbocycles. The molecule has 18 heavy (non-hydrogen) atoms. The Hall–Kier alpha value is -0.860. The molecular weight excluding hydrogens is 222 g/mol. The van der Waals surface area contributed by atoms with E-state index in [-0.39, 0.29) is 12.1 Å². The highest BCUT2D eigenvalue weighted by molar-refractivity contribution is 5.18. The zero-order valence-electron chi connectivity index (χ0n) is 11.3. The van der Waals surface area contributed by atoms with Gasteiger partial charge in [-0.1, -0.05) is 56.0 Å². The van der Waals surface area contributed by atoms with Crippen LogP contribution in [0.1, 0.15) is 57.1 Å². The summed E-state index contributed by atoms with van der Waals surface area (Å²) in [6, 6.07) is 10.4. The smallest absolute Gasteiger partial charge is 0.0976 e. The Bertz CT molecular complexity index is 328. The normalized spacial score (nSPS) is 21.2. The van der Waals surface area contributed by atoms with Crippen molar-refractivity contribution in [2.45, 2.75) is 63.7 Å². The molecule has 1 aliphatic rings. The summed E-state index contributed by atoms with van der Waals surface area (Å²) >= 11 is 0. The van der Waals surface area contributed by atoms with E-state index in [1.807, 2.05) is 13.0 Å². The summed E-state index contributed by atoms with van der Waals surface area (Å²) in [5, 5.41) is 0. The molecular formula is C16H25NO. The van der Waals surface area contributed by atoms with Crippen molar-refractivity contribution in [3.63, 3.8) is 0 Å². The van der Waals surface area contributed by atoms with E-state index in [4.69, 9.17) is 10.5 Å². The van der Waals surface area contributed by atoms with Crippen molar-refractivity contribution < 1.29 is 4.74 Å². The second kappa shape index (κ2) is 6.91. The Morgan fingerprint density at radius 3 is 2.22 bits per heavy atom. The first-order valence-electron chi connectivity index (χ1n) is 7.23. The molecule has 2 nitrogen and oxygen atoms in total. The van der Waals surface area contributed by atoms with Gasteiger partial charge in [0.15, 0.2) is 0 Å². The monoisotopic (exact) mass is 247 g/mol. The topological polar surface area (TPSA) is 35.2 Å². The van der Waals surface area contributed by atoms with Crippen LogP contribution in [0.25, 0.3) is 0 Å². The second-order valence-corrected chi connectivity index (χ2v) is 5.44. The van der Waals surface area contributed by atoms with Gasteiger partial charge in [-0.3, -0.25) is 0 Å². The summed E-state index contributed by atoms with van der Waals surface area (Å²) in [5.41, 5.74) is 7.31. The highest BCUT2D eigenvalue weighted by Gasteiger charge is 2.22. The average Bonchev–Trinajstić information content (AvgIpc) is 2.65. The fourth-order valence-electron chi connectivity index (χ4n) is 2.73. The van der Waals surface area contributed by atoms with Gasteiger partial charge in [0.1, 0.15) is 0 Å². The number of ether oxygens (including phenoxy) is 1. The van der Waals surface area contributed by atoms with E-state index in [2.05, 4.69) is 24.3 Å². The van der Waals surface area contributed by atoms with Crippen LogP contribution in [0.15, 0.2) is 30.3 Å².